The third-order valence-corrected chi connectivity index (χ3v) is 3.60. The predicted molar refractivity (Wildman–Crippen MR) is 92.2 cm³/mol. The highest BCUT2D eigenvalue weighted by Gasteiger charge is 2.19. The molecule has 2 rings (SSSR count). The zero-order valence-electron chi connectivity index (χ0n) is 14.1. The first kappa shape index (κ1) is 16.9. The molecule has 0 fully saturated rings. The number of carbonyl (C=O) groups is 1. The molecule has 0 aromatic heterocycles. The summed E-state index contributed by atoms with van der Waals surface area (Å²) in [5.74, 6) is 1.27. The SMILES string of the molecule is CC[C@H](Oc1ccc(C)cc1C)C(=O)Nc1cccc(OC)c1. The lowest BCUT2D eigenvalue weighted by Crippen LogP contribution is -2.32. The van der Waals surface area contributed by atoms with Crippen LogP contribution in [0.4, 0.5) is 5.69 Å². The Morgan fingerprint density at radius 3 is 2.61 bits per heavy atom. The molecule has 1 N–H and O–H groups in total. The van der Waals surface area contributed by atoms with E-state index in [-0.39, 0.29) is 5.91 Å². The Morgan fingerprint density at radius 2 is 1.96 bits per heavy atom. The van der Waals surface area contributed by atoms with Crippen LogP contribution in [0.25, 0.3) is 0 Å². The van der Waals surface area contributed by atoms with Crippen LogP contribution in [0.5, 0.6) is 11.5 Å². The minimum Gasteiger partial charge on any atom is -0.497 e. The molecule has 0 aliphatic carbocycles. The van der Waals surface area contributed by atoms with Gasteiger partial charge in [-0.2, -0.15) is 0 Å². The van der Waals surface area contributed by atoms with Gasteiger partial charge in [0.25, 0.3) is 5.91 Å². The van der Waals surface area contributed by atoms with E-state index in [1.807, 2.05) is 57.2 Å². The number of methoxy groups -OCH3 is 1. The number of rotatable bonds is 6. The number of hydrogen-bond acceptors (Lipinski definition) is 3. The first-order valence-corrected chi connectivity index (χ1v) is 7.72. The normalized spacial score (nSPS) is 11.7. The smallest absolute Gasteiger partial charge is 0.265 e. The third kappa shape index (κ3) is 4.49. The van der Waals surface area contributed by atoms with Crippen LogP contribution in [0, 0.1) is 13.8 Å². The fourth-order valence-corrected chi connectivity index (χ4v) is 2.33. The number of benzene rings is 2. The molecule has 0 aliphatic heterocycles. The Bertz CT molecular complexity index is 682. The number of hydrogen-bond donors (Lipinski definition) is 1. The van der Waals surface area contributed by atoms with Crippen molar-refractivity contribution < 1.29 is 14.3 Å². The molecule has 0 bridgehead atoms. The highest BCUT2D eigenvalue weighted by Crippen LogP contribution is 2.22. The maximum atomic E-state index is 12.4. The molecule has 0 radical (unpaired) electrons. The lowest BCUT2D eigenvalue weighted by atomic mass is 10.1. The summed E-state index contributed by atoms with van der Waals surface area (Å²) in [6.07, 6.45) is 0.0472. The largest absolute Gasteiger partial charge is 0.497 e. The van der Waals surface area contributed by atoms with Gasteiger partial charge in [0.15, 0.2) is 6.10 Å². The summed E-state index contributed by atoms with van der Waals surface area (Å²) in [5.41, 5.74) is 2.89. The van der Waals surface area contributed by atoms with E-state index in [2.05, 4.69) is 5.32 Å². The van der Waals surface area contributed by atoms with Crippen molar-refractivity contribution in [1.82, 2.24) is 0 Å². The van der Waals surface area contributed by atoms with Crippen LogP contribution in [0.1, 0.15) is 24.5 Å². The summed E-state index contributed by atoms with van der Waals surface area (Å²) < 4.78 is 11.1. The van der Waals surface area contributed by atoms with Crippen molar-refractivity contribution in [3.63, 3.8) is 0 Å². The standard InChI is InChI=1S/C19H23NO3/c1-5-17(23-18-10-9-13(2)11-14(18)3)19(21)20-15-7-6-8-16(12-15)22-4/h6-12,17H,5H2,1-4H3,(H,20,21)/t17-/m0/s1. The second kappa shape index (κ2) is 7.68. The fourth-order valence-electron chi connectivity index (χ4n) is 2.33. The molecule has 4 heteroatoms. The Balaban J connectivity index is 2.08. The van der Waals surface area contributed by atoms with Crippen molar-refractivity contribution >= 4 is 11.6 Å². The number of amides is 1. The summed E-state index contributed by atoms with van der Waals surface area (Å²) in [6.45, 7) is 5.94. The van der Waals surface area contributed by atoms with Gasteiger partial charge < -0.3 is 14.8 Å². The van der Waals surface area contributed by atoms with Crippen LogP contribution in [0.15, 0.2) is 42.5 Å². The second-order valence-electron chi connectivity index (χ2n) is 5.50. The predicted octanol–water partition coefficient (Wildman–Crippen LogP) is 4.11. The Kier molecular flexibility index (Phi) is 5.63. The van der Waals surface area contributed by atoms with E-state index in [1.165, 1.54) is 5.56 Å². The van der Waals surface area contributed by atoms with Crippen LogP contribution in [0.3, 0.4) is 0 Å². The summed E-state index contributed by atoms with van der Waals surface area (Å²) >= 11 is 0. The van der Waals surface area contributed by atoms with Gasteiger partial charge in [-0.3, -0.25) is 4.79 Å². The van der Waals surface area contributed by atoms with Gasteiger partial charge >= 0.3 is 0 Å². The van der Waals surface area contributed by atoms with E-state index in [4.69, 9.17) is 9.47 Å². The molecule has 1 atom stereocenters. The number of anilines is 1. The molecule has 4 nitrogen and oxygen atoms in total. The third-order valence-electron chi connectivity index (χ3n) is 3.60. The molecular formula is C19H23NO3. The van der Waals surface area contributed by atoms with E-state index in [9.17, 15) is 4.79 Å². The van der Waals surface area contributed by atoms with Crippen molar-refractivity contribution in [2.24, 2.45) is 0 Å². The number of aryl methyl sites for hydroxylation is 2. The first-order chi connectivity index (χ1) is 11.0. The summed E-state index contributed by atoms with van der Waals surface area (Å²) in [6, 6.07) is 13.2. The molecule has 0 saturated carbocycles. The molecule has 2 aromatic carbocycles. The van der Waals surface area contributed by atoms with Crippen molar-refractivity contribution in [3.8, 4) is 11.5 Å². The zero-order valence-corrected chi connectivity index (χ0v) is 14.1. The monoisotopic (exact) mass is 313 g/mol. The van der Waals surface area contributed by atoms with Gasteiger partial charge in [0.1, 0.15) is 11.5 Å². The minimum atomic E-state index is -0.539. The Hall–Kier alpha value is -2.49. The van der Waals surface area contributed by atoms with Gasteiger partial charge in [-0.1, -0.05) is 30.7 Å². The highest BCUT2D eigenvalue weighted by molar-refractivity contribution is 5.94. The highest BCUT2D eigenvalue weighted by atomic mass is 16.5. The Labute approximate surface area is 137 Å². The van der Waals surface area contributed by atoms with Gasteiger partial charge in [-0.05, 0) is 44.0 Å². The molecule has 0 saturated heterocycles. The molecule has 0 unspecified atom stereocenters. The molecule has 2 aromatic rings. The molecular weight excluding hydrogens is 290 g/mol. The number of ether oxygens (including phenoxy) is 2. The van der Waals surface area contributed by atoms with E-state index in [0.29, 0.717) is 17.9 Å². The average molecular weight is 313 g/mol. The Morgan fingerprint density at radius 1 is 1.17 bits per heavy atom. The number of carbonyl (C=O) groups excluding carboxylic acids is 1. The maximum absolute atomic E-state index is 12.4. The topological polar surface area (TPSA) is 47.6 Å². The van der Waals surface area contributed by atoms with Gasteiger partial charge in [0, 0.05) is 11.8 Å². The van der Waals surface area contributed by atoms with Crippen LogP contribution in [-0.2, 0) is 4.79 Å². The fraction of sp³-hybridized carbons (Fsp3) is 0.316. The van der Waals surface area contributed by atoms with Crippen LogP contribution < -0.4 is 14.8 Å². The van der Waals surface area contributed by atoms with Crippen LogP contribution in [0.2, 0.25) is 0 Å². The lowest BCUT2D eigenvalue weighted by Gasteiger charge is -2.19. The average Bonchev–Trinajstić information content (AvgIpc) is 2.54. The summed E-state index contributed by atoms with van der Waals surface area (Å²) in [7, 11) is 1.60. The zero-order chi connectivity index (χ0) is 16.8. The van der Waals surface area contributed by atoms with Gasteiger partial charge in [0.05, 0.1) is 7.11 Å². The van der Waals surface area contributed by atoms with Crippen molar-refractivity contribution in [2.45, 2.75) is 33.3 Å². The molecule has 122 valence electrons. The number of nitrogens with one attached hydrogen (secondary N) is 1. The summed E-state index contributed by atoms with van der Waals surface area (Å²) in [4.78, 5) is 12.4. The van der Waals surface area contributed by atoms with E-state index >= 15 is 0 Å². The van der Waals surface area contributed by atoms with Gasteiger partial charge in [-0.25, -0.2) is 0 Å². The molecule has 0 aliphatic rings. The van der Waals surface area contributed by atoms with Crippen molar-refractivity contribution in [2.75, 3.05) is 12.4 Å². The minimum absolute atomic E-state index is 0.166. The molecule has 0 spiro atoms. The van der Waals surface area contributed by atoms with Crippen molar-refractivity contribution in [3.05, 3.63) is 53.6 Å². The maximum Gasteiger partial charge on any atom is 0.265 e. The second-order valence-corrected chi connectivity index (χ2v) is 5.50. The van der Waals surface area contributed by atoms with Crippen LogP contribution in [-0.4, -0.2) is 19.1 Å². The van der Waals surface area contributed by atoms with Crippen molar-refractivity contribution in [1.29, 1.82) is 0 Å². The summed E-state index contributed by atoms with van der Waals surface area (Å²) in [5, 5.41) is 2.87. The van der Waals surface area contributed by atoms with Gasteiger partial charge in [0.2, 0.25) is 0 Å². The van der Waals surface area contributed by atoms with E-state index < -0.39 is 6.10 Å². The quantitative estimate of drug-likeness (QED) is 0.873. The molecule has 1 amide bonds. The molecule has 23 heavy (non-hydrogen) atoms. The molecule has 0 heterocycles. The van der Waals surface area contributed by atoms with E-state index in [1.54, 1.807) is 13.2 Å². The first-order valence-electron chi connectivity index (χ1n) is 7.72. The van der Waals surface area contributed by atoms with E-state index in [0.717, 1.165) is 11.3 Å². The van der Waals surface area contributed by atoms with Crippen LogP contribution >= 0.6 is 0 Å². The van der Waals surface area contributed by atoms with Gasteiger partial charge in [-0.15, -0.1) is 0 Å². The lowest BCUT2D eigenvalue weighted by molar-refractivity contribution is -0.122.